The van der Waals surface area contributed by atoms with E-state index in [1.54, 1.807) is 18.2 Å². The van der Waals surface area contributed by atoms with E-state index in [-0.39, 0.29) is 10.6 Å². The van der Waals surface area contributed by atoms with Gasteiger partial charge in [-0.15, -0.1) is 0 Å². The first-order valence-corrected chi connectivity index (χ1v) is 6.10. The average molecular weight is 240 g/mol. The van der Waals surface area contributed by atoms with Gasteiger partial charge in [-0.05, 0) is 12.1 Å². The second kappa shape index (κ2) is 4.80. The Morgan fingerprint density at radius 2 is 1.75 bits per heavy atom. The number of nitrogens with two attached hydrogens (primary N) is 2. The molecule has 0 radical (unpaired) electrons. The molecule has 1 amide bonds. The number of carbonyl (C=O) groups is 1. The van der Waals surface area contributed by atoms with Crippen molar-refractivity contribution in [3.8, 4) is 0 Å². The van der Waals surface area contributed by atoms with Gasteiger partial charge in [0.05, 0.1) is 10.6 Å². The van der Waals surface area contributed by atoms with Crippen LogP contribution in [-0.4, -0.2) is 20.1 Å². The first kappa shape index (κ1) is 12.3. The normalized spacial score (nSPS) is 12.4. The summed E-state index contributed by atoms with van der Waals surface area (Å²) in [6.07, 6.45) is 0.903. The Bertz CT molecular complexity index is 506. The van der Waals surface area contributed by atoms with E-state index in [1.165, 1.54) is 12.1 Å². The molecular formula is C10H12N2O3S. The summed E-state index contributed by atoms with van der Waals surface area (Å²) in [5.74, 6) is -1.18. The highest BCUT2D eigenvalue weighted by atomic mass is 32.2. The first-order chi connectivity index (χ1) is 7.42. The molecule has 1 aromatic carbocycles. The zero-order chi connectivity index (χ0) is 12.2. The number of rotatable bonds is 4. The molecule has 0 aliphatic carbocycles. The van der Waals surface area contributed by atoms with Crippen molar-refractivity contribution in [2.75, 3.05) is 5.75 Å². The molecule has 0 spiro atoms. The standard InChI is InChI=1S/C10H12N2O3S/c11-8(6-10(12)13)7-16(14,15)9-4-2-1-3-5-9/h1-6H,7,11H2,(H2,12,13)/b8-6-. The summed E-state index contributed by atoms with van der Waals surface area (Å²) in [5, 5.41) is 0. The van der Waals surface area contributed by atoms with Crippen molar-refractivity contribution in [3.63, 3.8) is 0 Å². The largest absolute Gasteiger partial charge is 0.401 e. The smallest absolute Gasteiger partial charge is 0.243 e. The third-order valence-corrected chi connectivity index (χ3v) is 3.49. The molecule has 5 nitrogen and oxygen atoms in total. The fraction of sp³-hybridized carbons (Fsp3) is 0.100. The van der Waals surface area contributed by atoms with Gasteiger partial charge in [-0.3, -0.25) is 4.79 Å². The van der Waals surface area contributed by atoms with Gasteiger partial charge in [0, 0.05) is 11.8 Å². The third-order valence-electron chi connectivity index (χ3n) is 1.79. The van der Waals surface area contributed by atoms with Gasteiger partial charge in [-0.2, -0.15) is 0 Å². The van der Waals surface area contributed by atoms with Gasteiger partial charge < -0.3 is 11.5 Å². The van der Waals surface area contributed by atoms with Gasteiger partial charge in [0.2, 0.25) is 5.91 Å². The maximum absolute atomic E-state index is 11.8. The van der Waals surface area contributed by atoms with Crippen LogP contribution in [0, 0.1) is 0 Å². The monoisotopic (exact) mass is 240 g/mol. The number of carbonyl (C=O) groups excluding carboxylic acids is 1. The zero-order valence-electron chi connectivity index (χ0n) is 8.46. The Hall–Kier alpha value is -1.82. The molecule has 6 heteroatoms. The van der Waals surface area contributed by atoms with E-state index in [0.29, 0.717) is 0 Å². The minimum Gasteiger partial charge on any atom is -0.401 e. The minimum atomic E-state index is -3.51. The molecule has 0 saturated carbocycles. The molecule has 0 bridgehead atoms. The second-order valence-electron chi connectivity index (χ2n) is 3.19. The fourth-order valence-electron chi connectivity index (χ4n) is 1.15. The maximum Gasteiger partial charge on any atom is 0.243 e. The van der Waals surface area contributed by atoms with E-state index in [4.69, 9.17) is 11.5 Å². The Balaban J connectivity index is 2.94. The molecule has 0 fully saturated rings. The number of hydrogen-bond donors (Lipinski definition) is 2. The summed E-state index contributed by atoms with van der Waals surface area (Å²) in [7, 11) is -3.51. The van der Waals surface area contributed by atoms with Gasteiger partial charge in [-0.1, -0.05) is 18.2 Å². The van der Waals surface area contributed by atoms with Crippen molar-refractivity contribution in [1.82, 2.24) is 0 Å². The number of primary amides is 1. The van der Waals surface area contributed by atoms with Crippen LogP contribution in [0.25, 0.3) is 0 Å². The number of sulfone groups is 1. The summed E-state index contributed by atoms with van der Waals surface area (Å²) in [6.45, 7) is 0. The topological polar surface area (TPSA) is 103 Å². The Labute approximate surface area is 93.7 Å². The molecule has 1 rings (SSSR count). The molecule has 0 heterocycles. The number of benzene rings is 1. The van der Waals surface area contributed by atoms with Crippen molar-refractivity contribution in [1.29, 1.82) is 0 Å². The van der Waals surface area contributed by atoms with Gasteiger partial charge in [-0.25, -0.2) is 8.42 Å². The van der Waals surface area contributed by atoms with Gasteiger partial charge >= 0.3 is 0 Å². The van der Waals surface area contributed by atoms with Crippen LogP contribution in [0.3, 0.4) is 0 Å². The van der Waals surface area contributed by atoms with Crippen molar-refractivity contribution in [2.45, 2.75) is 4.90 Å². The van der Waals surface area contributed by atoms with Crippen LogP contribution >= 0.6 is 0 Å². The van der Waals surface area contributed by atoms with Crippen molar-refractivity contribution < 1.29 is 13.2 Å². The highest BCUT2D eigenvalue weighted by Gasteiger charge is 2.15. The van der Waals surface area contributed by atoms with Crippen molar-refractivity contribution >= 4 is 15.7 Å². The Morgan fingerprint density at radius 1 is 1.19 bits per heavy atom. The van der Waals surface area contributed by atoms with Crippen molar-refractivity contribution in [2.24, 2.45) is 11.5 Å². The predicted molar refractivity (Wildman–Crippen MR) is 60.0 cm³/mol. The molecule has 1 aromatic rings. The molecule has 86 valence electrons. The molecule has 0 atom stereocenters. The molecule has 0 aromatic heterocycles. The summed E-state index contributed by atoms with van der Waals surface area (Å²) in [6, 6.07) is 7.86. The average Bonchev–Trinajstić information content (AvgIpc) is 2.16. The highest BCUT2D eigenvalue weighted by Crippen LogP contribution is 2.11. The molecule has 16 heavy (non-hydrogen) atoms. The van der Waals surface area contributed by atoms with Crippen LogP contribution in [0.2, 0.25) is 0 Å². The highest BCUT2D eigenvalue weighted by molar-refractivity contribution is 7.91. The van der Waals surface area contributed by atoms with E-state index in [9.17, 15) is 13.2 Å². The predicted octanol–water partition coefficient (Wildman–Crippen LogP) is -0.212. The molecule has 0 aliphatic heterocycles. The first-order valence-electron chi connectivity index (χ1n) is 4.45. The van der Waals surface area contributed by atoms with Gasteiger partial charge in [0.1, 0.15) is 0 Å². The minimum absolute atomic E-state index is 0.0728. The Morgan fingerprint density at radius 3 is 2.25 bits per heavy atom. The van der Waals surface area contributed by atoms with E-state index in [1.807, 2.05) is 0 Å². The second-order valence-corrected chi connectivity index (χ2v) is 5.18. The van der Waals surface area contributed by atoms with Crippen LogP contribution in [0.5, 0.6) is 0 Å². The quantitative estimate of drug-likeness (QED) is 0.710. The fourth-order valence-corrected chi connectivity index (χ4v) is 2.42. The number of amides is 1. The lowest BCUT2D eigenvalue weighted by Gasteiger charge is -2.03. The van der Waals surface area contributed by atoms with Crippen molar-refractivity contribution in [3.05, 3.63) is 42.1 Å². The van der Waals surface area contributed by atoms with E-state index in [0.717, 1.165) is 6.08 Å². The van der Waals surface area contributed by atoms with Crippen LogP contribution in [-0.2, 0) is 14.6 Å². The lowest BCUT2D eigenvalue weighted by Crippen LogP contribution is -2.17. The lowest BCUT2D eigenvalue weighted by molar-refractivity contribution is -0.113. The van der Waals surface area contributed by atoms with E-state index in [2.05, 4.69) is 0 Å². The Kier molecular flexibility index (Phi) is 3.68. The molecule has 0 aliphatic rings. The van der Waals surface area contributed by atoms with Crippen LogP contribution in [0.1, 0.15) is 0 Å². The van der Waals surface area contributed by atoms with Gasteiger partial charge in [0.25, 0.3) is 0 Å². The van der Waals surface area contributed by atoms with E-state index < -0.39 is 21.5 Å². The third kappa shape index (κ3) is 3.39. The summed E-state index contributed by atoms with van der Waals surface area (Å²) < 4.78 is 23.5. The molecule has 0 unspecified atom stereocenters. The number of hydrogen-bond acceptors (Lipinski definition) is 4. The summed E-state index contributed by atoms with van der Waals surface area (Å²) >= 11 is 0. The molecular weight excluding hydrogens is 228 g/mol. The SMILES string of the molecule is NC(=O)/C=C(\N)CS(=O)(=O)c1ccccc1. The molecule has 4 N–H and O–H groups in total. The van der Waals surface area contributed by atoms with Crippen LogP contribution in [0.15, 0.2) is 47.0 Å². The zero-order valence-corrected chi connectivity index (χ0v) is 9.28. The van der Waals surface area contributed by atoms with Crippen LogP contribution in [0.4, 0.5) is 0 Å². The molecule has 0 saturated heterocycles. The maximum atomic E-state index is 11.8. The van der Waals surface area contributed by atoms with Crippen LogP contribution < -0.4 is 11.5 Å². The van der Waals surface area contributed by atoms with Gasteiger partial charge in [0.15, 0.2) is 9.84 Å². The summed E-state index contributed by atoms with van der Waals surface area (Å²) in [4.78, 5) is 10.7. The summed E-state index contributed by atoms with van der Waals surface area (Å²) in [5.41, 5.74) is 10.2. The van der Waals surface area contributed by atoms with E-state index >= 15 is 0 Å². The lowest BCUT2D eigenvalue weighted by atomic mass is 10.4.